The van der Waals surface area contributed by atoms with Gasteiger partial charge in [0.2, 0.25) is 0 Å². The van der Waals surface area contributed by atoms with Gasteiger partial charge < -0.3 is 4.44 Å². The Morgan fingerprint density at radius 3 is 2.83 bits per heavy atom. The minimum Gasteiger partial charge on any atom is -0.377 e. The fourth-order valence-electron chi connectivity index (χ4n) is 0.0735. The molecule has 0 aliphatic heterocycles. The zero-order valence-corrected chi connectivity index (χ0v) is 5.26. The summed E-state index contributed by atoms with van der Waals surface area (Å²) in [5, 5.41) is 0. The van der Waals surface area contributed by atoms with Crippen molar-refractivity contribution >= 4 is 33.1 Å². The summed E-state index contributed by atoms with van der Waals surface area (Å²) in [6.07, 6.45) is 5.36. The molecule has 6 heavy (non-hydrogen) atoms. The minimum atomic E-state index is 0.719. The van der Waals surface area contributed by atoms with Crippen LogP contribution in [-0.4, -0.2) is 19.3 Å². The highest BCUT2D eigenvalue weighted by molar-refractivity contribution is 8.21. The van der Waals surface area contributed by atoms with Crippen LogP contribution in [0.2, 0.25) is 0 Å². The summed E-state index contributed by atoms with van der Waals surface area (Å²) in [6.45, 7) is 1.65. The van der Waals surface area contributed by atoms with Crippen molar-refractivity contribution < 1.29 is 4.44 Å². The third-order valence-corrected chi connectivity index (χ3v) is 0.900. The molecule has 0 aromatic carbocycles. The monoisotopic (exact) mass is 119 g/mol. The van der Waals surface area contributed by atoms with Gasteiger partial charge in [0.1, 0.15) is 0 Å². The van der Waals surface area contributed by atoms with Crippen LogP contribution in [0.15, 0.2) is 0 Å². The molecule has 0 saturated heterocycles. The van der Waals surface area contributed by atoms with E-state index in [0.717, 1.165) is 8.43 Å². The molecule has 33 valence electrons. The largest absolute Gasteiger partial charge is 0.382 e. The van der Waals surface area contributed by atoms with E-state index in [1.54, 1.807) is 6.76 Å². The molecule has 0 fully saturated rings. The Hall–Kier alpha value is 0.545. The quantitative estimate of drug-likeness (QED) is 0.313. The fraction of sp³-hybridized carbons (Fsp3) is 0.500. The molecule has 0 unspecified atom stereocenters. The lowest BCUT2D eigenvalue weighted by Crippen LogP contribution is -1.75. The van der Waals surface area contributed by atoms with Crippen LogP contribution in [0.4, 0.5) is 0 Å². The standard InChI is InChI=1S/C2H5BOPS/c1-5-4-3-6-2/h1H2,2H3. The van der Waals surface area contributed by atoms with Crippen molar-refractivity contribution in [1.29, 1.82) is 0 Å². The summed E-state index contributed by atoms with van der Waals surface area (Å²) in [5.74, 6) is 0. The first-order valence-electron chi connectivity index (χ1n) is 1.38. The molecule has 0 aliphatic rings. The summed E-state index contributed by atoms with van der Waals surface area (Å²) in [5.41, 5.74) is 0. The maximum Gasteiger partial charge on any atom is 0.382 e. The zero-order valence-electron chi connectivity index (χ0n) is 3.55. The molecule has 0 bridgehead atoms. The first-order chi connectivity index (χ1) is 2.91. The van der Waals surface area contributed by atoms with Crippen molar-refractivity contribution in [2.45, 2.75) is 0 Å². The molecule has 0 heterocycles. The van der Waals surface area contributed by atoms with Crippen molar-refractivity contribution in [3.05, 3.63) is 0 Å². The van der Waals surface area contributed by atoms with Crippen LogP contribution in [0, 0.1) is 0 Å². The van der Waals surface area contributed by atoms with E-state index in [1.807, 2.05) is 6.26 Å². The lowest BCUT2D eigenvalue weighted by Gasteiger charge is -1.81. The topological polar surface area (TPSA) is 9.23 Å². The summed E-state index contributed by atoms with van der Waals surface area (Å²) in [4.78, 5) is 0. The molecular formula is C2H5BOPS. The second-order valence-corrected chi connectivity index (χ2v) is 1.70. The maximum atomic E-state index is 4.68. The first kappa shape index (κ1) is 6.54. The van der Waals surface area contributed by atoms with E-state index >= 15 is 0 Å². The Balaban J connectivity index is 2.49. The van der Waals surface area contributed by atoms with E-state index in [2.05, 4.69) is 10.7 Å². The van der Waals surface area contributed by atoms with Crippen molar-refractivity contribution in [2.24, 2.45) is 0 Å². The predicted octanol–water partition coefficient (Wildman–Crippen LogP) is 1.19. The van der Waals surface area contributed by atoms with E-state index < -0.39 is 0 Å². The van der Waals surface area contributed by atoms with Gasteiger partial charge in [-0.1, -0.05) is 0 Å². The van der Waals surface area contributed by atoms with Crippen molar-refractivity contribution in [1.82, 2.24) is 0 Å². The number of hydrogen-bond acceptors (Lipinski definition) is 2. The van der Waals surface area contributed by atoms with Gasteiger partial charge in [0.25, 0.3) is 0 Å². The Kier molecular flexibility index (Phi) is 6.05. The summed E-state index contributed by atoms with van der Waals surface area (Å²) in [6, 6.07) is 0. The Morgan fingerprint density at radius 1 is 2.00 bits per heavy atom. The average Bonchev–Trinajstić information content (AvgIpc) is 1.61. The summed E-state index contributed by atoms with van der Waals surface area (Å²) >= 11 is 1.53. The molecule has 1 radical (unpaired) electrons. The van der Waals surface area contributed by atoms with Crippen molar-refractivity contribution in [3.8, 4) is 0 Å². The van der Waals surface area contributed by atoms with Gasteiger partial charge in [-0.15, -0.1) is 0 Å². The third-order valence-electron chi connectivity index (χ3n) is 0.214. The van der Waals surface area contributed by atoms with Gasteiger partial charge in [-0.05, 0) is 12.6 Å². The van der Waals surface area contributed by atoms with E-state index in [9.17, 15) is 0 Å². The van der Waals surface area contributed by atoms with Gasteiger partial charge in [0.15, 0.2) is 0 Å². The fourth-order valence-corrected chi connectivity index (χ4v) is 0.661. The van der Waals surface area contributed by atoms with E-state index in [4.69, 9.17) is 0 Å². The van der Waals surface area contributed by atoms with Crippen LogP contribution in [0.25, 0.3) is 0 Å². The van der Waals surface area contributed by atoms with Gasteiger partial charge in [-0.25, -0.2) is 0 Å². The van der Waals surface area contributed by atoms with Crippen LogP contribution in [0.3, 0.4) is 0 Å². The normalized spacial score (nSPS) is 8.83. The van der Waals surface area contributed by atoms with Gasteiger partial charge in [0.05, 0.1) is 0 Å². The minimum absolute atomic E-state index is 0.719. The van der Waals surface area contributed by atoms with Gasteiger partial charge in [-0.3, -0.25) is 0 Å². The second-order valence-electron chi connectivity index (χ2n) is 0.566. The molecule has 0 rings (SSSR count). The molecule has 0 spiro atoms. The SMILES string of the molecule is C=PO[B]SC. The highest BCUT2D eigenvalue weighted by Crippen LogP contribution is 1.96. The Morgan fingerprint density at radius 2 is 2.67 bits per heavy atom. The lowest BCUT2D eigenvalue weighted by molar-refractivity contribution is 0.716. The first-order valence-corrected chi connectivity index (χ1v) is 3.66. The summed E-state index contributed by atoms with van der Waals surface area (Å²) in [7, 11) is 0.719. The molecule has 0 aliphatic carbocycles. The lowest BCUT2D eigenvalue weighted by atomic mass is 10.6. The van der Waals surface area contributed by atoms with E-state index in [1.165, 1.54) is 11.6 Å². The molecule has 0 aromatic rings. The van der Waals surface area contributed by atoms with Gasteiger partial charge >= 0.3 is 6.76 Å². The zero-order chi connectivity index (χ0) is 4.83. The van der Waals surface area contributed by atoms with Gasteiger partial charge in [0, 0.05) is 8.43 Å². The van der Waals surface area contributed by atoms with Crippen LogP contribution >= 0.6 is 20.0 Å². The van der Waals surface area contributed by atoms with E-state index in [-0.39, 0.29) is 0 Å². The smallest absolute Gasteiger partial charge is 0.377 e. The van der Waals surface area contributed by atoms with Crippen molar-refractivity contribution in [3.63, 3.8) is 0 Å². The van der Waals surface area contributed by atoms with E-state index in [0.29, 0.717) is 0 Å². The average molecular weight is 119 g/mol. The molecular weight excluding hydrogens is 114 g/mol. The molecule has 0 saturated carbocycles. The molecule has 4 heteroatoms. The van der Waals surface area contributed by atoms with Crippen molar-refractivity contribution in [2.75, 3.05) is 6.26 Å². The van der Waals surface area contributed by atoms with Crippen LogP contribution in [0.1, 0.15) is 0 Å². The second kappa shape index (κ2) is 5.54. The van der Waals surface area contributed by atoms with Crippen LogP contribution < -0.4 is 0 Å². The number of hydrogen-bond donors (Lipinski definition) is 0. The number of rotatable bonds is 3. The van der Waals surface area contributed by atoms with Crippen LogP contribution in [0.5, 0.6) is 0 Å². The Labute approximate surface area is 44.5 Å². The molecule has 0 N–H and O–H groups in total. The Bertz CT molecular complexity index is 42.5. The molecule has 0 aromatic heterocycles. The maximum absolute atomic E-state index is 4.68. The molecule has 1 nitrogen and oxygen atoms in total. The molecule has 0 atom stereocenters. The van der Waals surface area contributed by atoms with Gasteiger partial charge in [-0.2, -0.15) is 11.6 Å². The highest BCUT2D eigenvalue weighted by atomic mass is 32.2. The third kappa shape index (κ3) is 4.54. The summed E-state index contributed by atoms with van der Waals surface area (Å²) < 4.78 is 4.68. The van der Waals surface area contributed by atoms with Crippen LogP contribution in [-0.2, 0) is 4.44 Å². The molecule has 0 amide bonds. The predicted molar refractivity (Wildman–Crippen MR) is 34.4 cm³/mol. The highest BCUT2D eigenvalue weighted by Gasteiger charge is 1.78.